The van der Waals surface area contributed by atoms with Gasteiger partial charge in [0.1, 0.15) is 5.54 Å². The SMILES string of the molecule is COCC1(CC(C)C(=O)N2C[C@H](C)N(c3cc(Cl)cc(Cl)c3)[C@@H](C)C2)NC(=O)NC1=O. The molecule has 2 heterocycles. The summed E-state index contributed by atoms with van der Waals surface area (Å²) in [6, 6.07) is 4.94. The van der Waals surface area contributed by atoms with Crippen LogP contribution in [-0.4, -0.2) is 67.2 Å². The number of methoxy groups -OCH3 is 1. The van der Waals surface area contributed by atoms with Crippen LogP contribution in [0.1, 0.15) is 27.2 Å². The molecule has 1 aromatic carbocycles. The highest BCUT2D eigenvalue weighted by atomic mass is 35.5. The largest absolute Gasteiger partial charge is 0.382 e. The topological polar surface area (TPSA) is 91.0 Å². The smallest absolute Gasteiger partial charge is 0.322 e. The van der Waals surface area contributed by atoms with Gasteiger partial charge in [0.15, 0.2) is 0 Å². The molecule has 2 fully saturated rings. The second-order valence-corrected chi connectivity index (χ2v) is 9.38. The van der Waals surface area contributed by atoms with E-state index in [-0.39, 0.29) is 31.0 Å². The van der Waals surface area contributed by atoms with Crippen LogP contribution in [0, 0.1) is 5.92 Å². The van der Waals surface area contributed by atoms with Gasteiger partial charge in [-0.25, -0.2) is 4.79 Å². The van der Waals surface area contributed by atoms with Crippen molar-refractivity contribution >= 4 is 46.7 Å². The van der Waals surface area contributed by atoms with Crippen molar-refractivity contribution in [3.8, 4) is 0 Å². The number of hydrogen-bond donors (Lipinski definition) is 2. The van der Waals surface area contributed by atoms with Gasteiger partial charge in [0.25, 0.3) is 5.91 Å². The summed E-state index contributed by atoms with van der Waals surface area (Å²) in [4.78, 5) is 41.3. The molecule has 4 amide bonds. The van der Waals surface area contributed by atoms with Gasteiger partial charge in [0.05, 0.1) is 6.61 Å². The van der Waals surface area contributed by atoms with Crippen LogP contribution < -0.4 is 15.5 Å². The molecule has 0 spiro atoms. The van der Waals surface area contributed by atoms with Gasteiger partial charge in [-0.1, -0.05) is 30.1 Å². The lowest BCUT2D eigenvalue weighted by molar-refractivity contribution is -0.138. The minimum absolute atomic E-state index is 0.00168. The van der Waals surface area contributed by atoms with Crippen molar-refractivity contribution in [1.29, 1.82) is 0 Å². The van der Waals surface area contributed by atoms with Gasteiger partial charge in [0.2, 0.25) is 5.91 Å². The molecule has 0 aromatic heterocycles. The Bertz CT molecular complexity index is 851. The number of carbonyl (C=O) groups excluding carboxylic acids is 3. The van der Waals surface area contributed by atoms with E-state index in [1.165, 1.54) is 7.11 Å². The second kappa shape index (κ2) is 9.22. The van der Waals surface area contributed by atoms with E-state index >= 15 is 0 Å². The average molecular weight is 471 g/mol. The lowest BCUT2D eigenvalue weighted by Crippen LogP contribution is -2.60. The van der Waals surface area contributed by atoms with Crippen molar-refractivity contribution in [1.82, 2.24) is 15.5 Å². The minimum Gasteiger partial charge on any atom is -0.382 e. The number of amides is 4. The zero-order chi connectivity index (χ0) is 22.9. The van der Waals surface area contributed by atoms with Crippen LogP contribution in [0.2, 0.25) is 10.0 Å². The van der Waals surface area contributed by atoms with E-state index < -0.39 is 23.4 Å². The molecule has 2 saturated heterocycles. The van der Waals surface area contributed by atoms with Crippen molar-refractivity contribution in [3.63, 3.8) is 0 Å². The van der Waals surface area contributed by atoms with Gasteiger partial charge in [-0.2, -0.15) is 0 Å². The molecule has 31 heavy (non-hydrogen) atoms. The third kappa shape index (κ3) is 4.91. The monoisotopic (exact) mass is 470 g/mol. The number of nitrogens with zero attached hydrogens (tertiary/aromatic N) is 2. The van der Waals surface area contributed by atoms with Crippen LogP contribution in [0.5, 0.6) is 0 Å². The van der Waals surface area contributed by atoms with Crippen molar-refractivity contribution in [2.45, 2.75) is 44.8 Å². The molecule has 2 unspecified atom stereocenters. The molecule has 2 aliphatic heterocycles. The maximum Gasteiger partial charge on any atom is 0.322 e. The number of nitrogens with one attached hydrogen (secondary N) is 2. The number of halogens is 2. The first-order valence-corrected chi connectivity index (χ1v) is 11.0. The average Bonchev–Trinajstić information content (AvgIpc) is 2.92. The molecule has 1 aromatic rings. The Labute approximate surface area is 192 Å². The minimum atomic E-state index is -1.24. The Morgan fingerprint density at radius 2 is 1.77 bits per heavy atom. The maximum atomic E-state index is 13.2. The van der Waals surface area contributed by atoms with Crippen LogP contribution in [0.25, 0.3) is 0 Å². The predicted octanol–water partition coefficient (Wildman–Crippen LogP) is 2.67. The quantitative estimate of drug-likeness (QED) is 0.623. The summed E-state index contributed by atoms with van der Waals surface area (Å²) in [6.07, 6.45) is 0.157. The lowest BCUT2D eigenvalue weighted by Gasteiger charge is -2.46. The van der Waals surface area contributed by atoms with E-state index in [0.717, 1.165) is 5.69 Å². The van der Waals surface area contributed by atoms with Crippen LogP contribution in [0.3, 0.4) is 0 Å². The summed E-state index contributed by atoms with van der Waals surface area (Å²) in [6.45, 7) is 6.91. The van der Waals surface area contributed by atoms with Crippen molar-refractivity contribution in [2.75, 3.05) is 31.7 Å². The zero-order valence-corrected chi connectivity index (χ0v) is 19.6. The van der Waals surface area contributed by atoms with Gasteiger partial charge in [-0.05, 0) is 38.5 Å². The fourth-order valence-corrected chi connectivity index (χ4v) is 5.22. The summed E-state index contributed by atoms with van der Waals surface area (Å²) in [7, 11) is 1.46. The number of rotatable bonds is 6. The number of benzene rings is 1. The second-order valence-electron chi connectivity index (χ2n) is 8.50. The number of imide groups is 1. The Balaban J connectivity index is 1.71. The fourth-order valence-electron chi connectivity index (χ4n) is 4.70. The van der Waals surface area contributed by atoms with Crippen LogP contribution in [-0.2, 0) is 14.3 Å². The highest BCUT2D eigenvalue weighted by Crippen LogP contribution is 2.31. The maximum absolute atomic E-state index is 13.2. The summed E-state index contributed by atoms with van der Waals surface area (Å²) in [5, 5.41) is 6.00. The van der Waals surface area contributed by atoms with Gasteiger partial charge >= 0.3 is 6.03 Å². The molecule has 8 nitrogen and oxygen atoms in total. The molecule has 0 saturated carbocycles. The van der Waals surface area contributed by atoms with Gasteiger partial charge < -0.3 is 19.9 Å². The van der Waals surface area contributed by atoms with E-state index in [9.17, 15) is 14.4 Å². The fraction of sp³-hybridized carbons (Fsp3) is 0.571. The molecule has 10 heteroatoms. The van der Waals surface area contributed by atoms with Crippen LogP contribution in [0.15, 0.2) is 18.2 Å². The van der Waals surface area contributed by atoms with Gasteiger partial charge in [-0.15, -0.1) is 0 Å². The number of hydrogen-bond acceptors (Lipinski definition) is 5. The number of carbonyl (C=O) groups is 3. The van der Waals surface area contributed by atoms with Gasteiger partial charge in [0, 0.05) is 53.9 Å². The number of ether oxygens (including phenoxy) is 1. The third-order valence-corrected chi connectivity index (χ3v) is 6.29. The molecule has 170 valence electrons. The number of anilines is 1. The highest BCUT2D eigenvalue weighted by Gasteiger charge is 2.48. The Morgan fingerprint density at radius 1 is 1.19 bits per heavy atom. The molecular formula is C21H28Cl2N4O4. The van der Waals surface area contributed by atoms with Gasteiger partial charge in [-0.3, -0.25) is 14.9 Å². The normalized spacial score (nSPS) is 27.2. The van der Waals surface area contributed by atoms with Crippen molar-refractivity contribution in [2.24, 2.45) is 5.92 Å². The molecule has 0 bridgehead atoms. The van der Waals surface area contributed by atoms with E-state index in [1.807, 2.05) is 30.9 Å². The molecular weight excluding hydrogens is 443 g/mol. The number of piperazine rings is 1. The summed E-state index contributed by atoms with van der Waals surface area (Å²) < 4.78 is 5.16. The van der Waals surface area contributed by atoms with E-state index in [4.69, 9.17) is 27.9 Å². The number of urea groups is 1. The predicted molar refractivity (Wildman–Crippen MR) is 120 cm³/mol. The Hall–Kier alpha value is -2.03. The summed E-state index contributed by atoms with van der Waals surface area (Å²) in [5.74, 6) is -1.01. The Morgan fingerprint density at radius 3 is 2.26 bits per heavy atom. The first kappa shape index (κ1) is 23.6. The molecule has 2 aliphatic rings. The molecule has 0 aliphatic carbocycles. The summed E-state index contributed by atoms with van der Waals surface area (Å²) in [5.41, 5.74) is -0.320. The van der Waals surface area contributed by atoms with E-state index in [1.54, 1.807) is 13.0 Å². The lowest BCUT2D eigenvalue weighted by atomic mass is 9.87. The molecule has 0 radical (unpaired) electrons. The first-order valence-electron chi connectivity index (χ1n) is 10.2. The zero-order valence-electron chi connectivity index (χ0n) is 18.1. The van der Waals surface area contributed by atoms with E-state index in [2.05, 4.69) is 15.5 Å². The van der Waals surface area contributed by atoms with Crippen molar-refractivity contribution < 1.29 is 19.1 Å². The van der Waals surface area contributed by atoms with Crippen LogP contribution in [0.4, 0.5) is 10.5 Å². The highest BCUT2D eigenvalue weighted by molar-refractivity contribution is 6.35. The van der Waals surface area contributed by atoms with Crippen molar-refractivity contribution in [3.05, 3.63) is 28.2 Å². The molecule has 2 N–H and O–H groups in total. The molecule has 4 atom stereocenters. The Kier molecular flexibility index (Phi) is 7.03. The standard InChI is InChI=1S/C21H28Cl2N4O4/c1-12(8-21(11-31-4)19(29)24-20(30)25-21)18(28)26-9-13(2)27(14(3)10-26)17-6-15(22)5-16(23)7-17/h5-7,12-14H,8-11H2,1-4H3,(H2,24,25,29,30)/t12?,13-,14-,21?/m0/s1. The third-order valence-electron chi connectivity index (χ3n) is 5.86. The van der Waals surface area contributed by atoms with Crippen LogP contribution >= 0.6 is 23.2 Å². The van der Waals surface area contributed by atoms with E-state index in [0.29, 0.717) is 23.1 Å². The molecule has 3 rings (SSSR count). The summed E-state index contributed by atoms with van der Waals surface area (Å²) >= 11 is 12.4. The first-order chi connectivity index (χ1) is 14.6.